The Hall–Kier alpha value is -1.23. The van der Waals surface area contributed by atoms with E-state index >= 15 is 0 Å². The van der Waals surface area contributed by atoms with Gasteiger partial charge in [0.05, 0.1) is 11.6 Å². The van der Waals surface area contributed by atoms with Gasteiger partial charge in [0.25, 0.3) is 0 Å². The molecule has 1 heterocycles. The minimum Gasteiger partial charge on any atom is -0.458 e. The number of ether oxygens (including phenoxy) is 1. The Morgan fingerprint density at radius 1 is 1.71 bits per heavy atom. The second-order valence-electron chi connectivity index (χ2n) is 2.79. The van der Waals surface area contributed by atoms with E-state index in [4.69, 9.17) is 4.74 Å². The average molecular weight is 215 g/mol. The second kappa shape index (κ2) is 4.32. The molecule has 78 valence electrons. The highest BCUT2D eigenvalue weighted by Gasteiger charge is 2.32. The summed E-state index contributed by atoms with van der Waals surface area (Å²) in [6.45, 7) is 2.11. The standard InChI is InChI=1S/C9H13NO3S/c1-3-13-9(12)14(2)6-4-5-8(14)10-7-11/h4-7H,3H2,1-2H3,(H,10,11). The number of carbonyl (C=O) groups excluding carboxylic acids is 2. The van der Waals surface area contributed by atoms with Crippen LogP contribution in [0.2, 0.25) is 0 Å². The van der Waals surface area contributed by atoms with E-state index in [1.165, 1.54) is 0 Å². The maximum absolute atomic E-state index is 11.6. The van der Waals surface area contributed by atoms with Crippen LogP contribution in [0, 0.1) is 0 Å². The summed E-state index contributed by atoms with van der Waals surface area (Å²) in [4.78, 5) is 21.9. The third kappa shape index (κ3) is 1.82. The van der Waals surface area contributed by atoms with E-state index in [9.17, 15) is 9.59 Å². The van der Waals surface area contributed by atoms with E-state index in [1.807, 2.05) is 0 Å². The molecule has 1 unspecified atom stereocenters. The number of hydrogen-bond acceptors (Lipinski definition) is 3. The molecule has 0 aliphatic carbocycles. The fraction of sp³-hybridized carbons (Fsp3) is 0.333. The Morgan fingerprint density at radius 3 is 3.00 bits per heavy atom. The number of hydrogen-bond donors (Lipinski definition) is 1. The van der Waals surface area contributed by atoms with Crippen molar-refractivity contribution in [3.05, 3.63) is 22.6 Å². The highest BCUT2D eigenvalue weighted by atomic mass is 32.3. The van der Waals surface area contributed by atoms with Crippen molar-refractivity contribution in [1.29, 1.82) is 0 Å². The third-order valence-corrected chi connectivity index (χ3v) is 4.54. The maximum atomic E-state index is 11.6. The van der Waals surface area contributed by atoms with Crippen molar-refractivity contribution >= 4 is 21.7 Å². The van der Waals surface area contributed by atoms with E-state index < -0.39 is 10.0 Å². The van der Waals surface area contributed by atoms with E-state index in [-0.39, 0.29) is 5.30 Å². The topological polar surface area (TPSA) is 55.4 Å². The molecule has 0 aromatic rings. The molecule has 0 fully saturated rings. The molecule has 1 amide bonds. The van der Waals surface area contributed by atoms with Crippen LogP contribution >= 0.6 is 10.0 Å². The van der Waals surface area contributed by atoms with Crippen LogP contribution in [0.25, 0.3) is 0 Å². The Balaban J connectivity index is 2.82. The van der Waals surface area contributed by atoms with E-state index in [0.717, 1.165) is 0 Å². The number of allylic oxidation sites excluding steroid dienone is 2. The largest absolute Gasteiger partial charge is 0.458 e. The third-order valence-electron chi connectivity index (χ3n) is 1.86. The predicted octanol–water partition coefficient (Wildman–Crippen LogP) is 1.69. The summed E-state index contributed by atoms with van der Waals surface area (Å²) in [5.41, 5.74) is 0. The van der Waals surface area contributed by atoms with Crippen molar-refractivity contribution in [2.75, 3.05) is 12.9 Å². The molecule has 0 radical (unpaired) electrons. The zero-order chi connectivity index (χ0) is 10.6. The van der Waals surface area contributed by atoms with Crippen molar-refractivity contribution in [1.82, 2.24) is 5.32 Å². The van der Waals surface area contributed by atoms with Crippen LogP contribution in [0.1, 0.15) is 6.92 Å². The van der Waals surface area contributed by atoms with Crippen LogP contribution in [0.15, 0.2) is 22.6 Å². The van der Waals surface area contributed by atoms with E-state index in [0.29, 0.717) is 18.0 Å². The Morgan fingerprint density at radius 2 is 2.43 bits per heavy atom. The van der Waals surface area contributed by atoms with Crippen molar-refractivity contribution in [2.24, 2.45) is 0 Å². The summed E-state index contributed by atoms with van der Waals surface area (Å²) in [5, 5.41) is 4.68. The molecule has 0 spiro atoms. The fourth-order valence-corrected chi connectivity index (χ4v) is 2.96. The molecule has 4 nitrogen and oxygen atoms in total. The molecule has 1 atom stereocenters. The smallest absolute Gasteiger partial charge is 0.358 e. The van der Waals surface area contributed by atoms with Gasteiger partial charge in [0, 0.05) is 0 Å². The highest BCUT2D eigenvalue weighted by molar-refractivity contribution is 8.49. The number of amides is 1. The molecular formula is C9H13NO3S. The molecule has 0 aromatic carbocycles. The summed E-state index contributed by atoms with van der Waals surface area (Å²) >= 11 is 0. The average Bonchev–Trinajstić information content (AvgIpc) is 2.51. The van der Waals surface area contributed by atoms with Gasteiger partial charge in [-0.3, -0.25) is 4.79 Å². The van der Waals surface area contributed by atoms with Crippen LogP contribution in [-0.4, -0.2) is 24.6 Å². The summed E-state index contributed by atoms with van der Waals surface area (Å²) in [5.74, 6) is 0. The summed E-state index contributed by atoms with van der Waals surface area (Å²) < 4.78 is 4.96. The summed E-state index contributed by atoms with van der Waals surface area (Å²) in [6, 6.07) is 0. The maximum Gasteiger partial charge on any atom is 0.358 e. The zero-order valence-electron chi connectivity index (χ0n) is 8.15. The van der Waals surface area contributed by atoms with Gasteiger partial charge in [-0.2, -0.15) is 0 Å². The van der Waals surface area contributed by atoms with Crippen LogP contribution in [0.3, 0.4) is 0 Å². The molecule has 14 heavy (non-hydrogen) atoms. The molecule has 5 heteroatoms. The van der Waals surface area contributed by atoms with Gasteiger partial charge < -0.3 is 10.1 Å². The van der Waals surface area contributed by atoms with Crippen molar-refractivity contribution in [3.8, 4) is 0 Å². The molecular weight excluding hydrogens is 202 g/mol. The van der Waals surface area contributed by atoms with Gasteiger partial charge in [-0.1, -0.05) is 16.1 Å². The van der Waals surface area contributed by atoms with Crippen molar-refractivity contribution in [3.63, 3.8) is 0 Å². The second-order valence-corrected chi connectivity index (χ2v) is 5.80. The van der Waals surface area contributed by atoms with Crippen LogP contribution < -0.4 is 5.32 Å². The van der Waals surface area contributed by atoms with Crippen LogP contribution in [0.4, 0.5) is 4.79 Å². The summed E-state index contributed by atoms with van der Waals surface area (Å²) in [6.07, 6.45) is 5.85. The fourth-order valence-electron chi connectivity index (χ4n) is 1.11. The SMILES string of the molecule is CCOC(=O)S1(C)C=CC=C1NC=O. The molecule has 1 aliphatic heterocycles. The normalized spacial score (nSPS) is 28.9. The Labute approximate surface area is 84.3 Å². The molecule has 0 bridgehead atoms. The molecule has 0 saturated heterocycles. The number of carbonyl (C=O) groups is 2. The van der Waals surface area contributed by atoms with Gasteiger partial charge in [-0.05, 0) is 24.7 Å². The van der Waals surface area contributed by atoms with E-state index in [2.05, 4.69) is 5.32 Å². The minimum absolute atomic E-state index is 0.269. The molecule has 1 aliphatic rings. The monoisotopic (exact) mass is 215 g/mol. The quantitative estimate of drug-likeness (QED) is 0.575. The zero-order valence-corrected chi connectivity index (χ0v) is 8.97. The number of rotatable bonds is 3. The molecule has 1 N–H and O–H groups in total. The van der Waals surface area contributed by atoms with Crippen LogP contribution in [0.5, 0.6) is 0 Å². The van der Waals surface area contributed by atoms with Crippen molar-refractivity contribution < 1.29 is 14.3 Å². The van der Waals surface area contributed by atoms with Gasteiger partial charge in [0.1, 0.15) is 0 Å². The number of nitrogens with one attached hydrogen (secondary N) is 1. The highest BCUT2D eigenvalue weighted by Crippen LogP contribution is 2.56. The first-order chi connectivity index (χ1) is 6.65. The molecule has 0 saturated carbocycles. The lowest BCUT2D eigenvalue weighted by Crippen LogP contribution is -2.20. The van der Waals surface area contributed by atoms with E-state index in [1.54, 1.807) is 30.7 Å². The van der Waals surface area contributed by atoms with Gasteiger partial charge >= 0.3 is 5.30 Å². The summed E-state index contributed by atoms with van der Waals surface area (Å²) in [7, 11) is -1.77. The first-order valence-corrected chi connectivity index (χ1v) is 6.29. The molecule has 0 aromatic heterocycles. The van der Waals surface area contributed by atoms with Gasteiger partial charge in [0.2, 0.25) is 6.41 Å². The van der Waals surface area contributed by atoms with Crippen molar-refractivity contribution in [2.45, 2.75) is 6.92 Å². The Kier molecular flexibility index (Phi) is 3.35. The first kappa shape index (κ1) is 10.8. The lowest BCUT2D eigenvalue weighted by atomic mass is 10.6. The van der Waals surface area contributed by atoms with Crippen LogP contribution in [-0.2, 0) is 9.53 Å². The minimum atomic E-state index is -1.77. The predicted molar refractivity (Wildman–Crippen MR) is 57.0 cm³/mol. The Bertz CT molecular complexity index is 311. The molecule has 1 rings (SSSR count). The first-order valence-electron chi connectivity index (χ1n) is 4.19. The van der Waals surface area contributed by atoms with Gasteiger partial charge in [-0.15, -0.1) is 0 Å². The lowest BCUT2D eigenvalue weighted by Gasteiger charge is -2.28. The van der Waals surface area contributed by atoms with Gasteiger partial charge in [0.15, 0.2) is 0 Å². The van der Waals surface area contributed by atoms with Gasteiger partial charge in [-0.25, -0.2) is 4.79 Å². The lowest BCUT2D eigenvalue weighted by molar-refractivity contribution is -0.108.